The first-order chi connectivity index (χ1) is 7.24. The van der Waals surface area contributed by atoms with Gasteiger partial charge >= 0.3 is 6.18 Å². The molecule has 0 saturated heterocycles. The van der Waals surface area contributed by atoms with E-state index in [1.807, 2.05) is 0 Å². The molecule has 0 spiro atoms. The Bertz CT molecular complexity index is 371. The van der Waals surface area contributed by atoms with Gasteiger partial charge in [-0.25, -0.2) is 4.39 Å². The Labute approximate surface area is 94.7 Å². The SMILES string of the molecule is CCC(O)(c1c(F)cccc1Cl)C(F)(F)F. The van der Waals surface area contributed by atoms with E-state index in [-0.39, 0.29) is 0 Å². The molecule has 0 radical (unpaired) electrons. The highest BCUT2D eigenvalue weighted by Gasteiger charge is 2.55. The Morgan fingerprint density at radius 1 is 1.31 bits per heavy atom. The zero-order valence-electron chi connectivity index (χ0n) is 8.28. The minimum absolute atomic E-state index is 0.443. The number of alkyl halides is 3. The molecule has 0 bridgehead atoms. The largest absolute Gasteiger partial charge is 0.421 e. The van der Waals surface area contributed by atoms with Gasteiger partial charge in [-0.1, -0.05) is 24.6 Å². The molecule has 0 heterocycles. The summed E-state index contributed by atoms with van der Waals surface area (Å²) >= 11 is 5.50. The number of aliphatic hydroxyl groups is 1. The van der Waals surface area contributed by atoms with E-state index in [9.17, 15) is 22.7 Å². The van der Waals surface area contributed by atoms with Crippen molar-refractivity contribution in [2.24, 2.45) is 0 Å². The highest BCUT2D eigenvalue weighted by molar-refractivity contribution is 6.31. The maximum absolute atomic E-state index is 13.3. The molecule has 0 aromatic heterocycles. The highest BCUT2D eigenvalue weighted by atomic mass is 35.5. The molecule has 0 aliphatic carbocycles. The molecule has 1 N–H and O–H groups in total. The molecule has 16 heavy (non-hydrogen) atoms. The fourth-order valence-corrected chi connectivity index (χ4v) is 1.73. The van der Waals surface area contributed by atoms with Crippen molar-refractivity contribution in [3.8, 4) is 0 Å². The molecule has 0 aliphatic heterocycles. The van der Waals surface area contributed by atoms with Crippen LogP contribution in [0.2, 0.25) is 5.02 Å². The standard InChI is InChI=1S/C10H9ClF4O/c1-2-9(16,10(13,14)15)8-6(11)4-3-5-7(8)12/h3-5,16H,2H2,1H3. The third-order valence-electron chi connectivity index (χ3n) is 2.36. The fourth-order valence-electron chi connectivity index (χ4n) is 1.41. The van der Waals surface area contributed by atoms with Gasteiger partial charge in [0.2, 0.25) is 0 Å². The first kappa shape index (κ1) is 13.3. The van der Waals surface area contributed by atoms with E-state index in [1.54, 1.807) is 0 Å². The van der Waals surface area contributed by atoms with Gasteiger partial charge in [-0.2, -0.15) is 13.2 Å². The van der Waals surface area contributed by atoms with Crippen LogP contribution >= 0.6 is 11.6 Å². The lowest BCUT2D eigenvalue weighted by Gasteiger charge is -2.30. The normalized spacial score (nSPS) is 15.9. The number of hydrogen-bond acceptors (Lipinski definition) is 1. The number of benzene rings is 1. The summed E-state index contributed by atoms with van der Waals surface area (Å²) in [6.07, 6.45) is -5.69. The summed E-state index contributed by atoms with van der Waals surface area (Å²) in [6.45, 7) is 1.11. The second-order valence-electron chi connectivity index (χ2n) is 3.31. The Hall–Kier alpha value is -0.810. The van der Waals surface area contributed by atoms with Gasteiger partial charge in [0.15, 0.2) is 5.60 Å². The van der Waals surface area contributed by atoms with Crippen LogP contribution in [0.5, 0.6) is 0 Å². The van der Waals surface area contributed by atoms with Gasteiger partial charge in [-0.15, -0.1) is 0 Å². The Morgan fingerprint density at radius 2 is 1.88 bits per heavy atom. The summed E-state index contributed by atoms with van der Waals surface area (Å²) in [7, 11) is 0. The molecule has 0 aliphatic rings. The van der Waals surface area contributed by atoms with Crippen LogP contribution in [0.25, 0.3) is 0 Å². The van der Waals surface area contributed by atoms with Crippen molar-refractivity contribution in [3.05, 3.63) is 34.6 Å². The highest BCUT2D eigenvalue weighted by Crippen LogP contribution is 2.44. The number of halogens is 5. The second-order valence-corrected chi connectivity index (χ2v) is 3.72. The summed E-state index contributed by atoms with van der Waals surface area (Å²) in [5, 5.41) is 9.10. The Balaban J connectivity index is 3.46. The van der Waals surface area contributed by atoms with Crippen LogP contribution in [-0.2, 0) is 5.60 Å². The molecule has 0 fully saturated rings. The van der Waals surface area contributed by atoms with E-state index >= 15 is 0 Å². The predicted octanol–water partition coefficient (Wildman–Crippen LogP) is 3.64. The van der Waals surface area contributed by atoms with Gasteiger partial charge in [0.1, 0.15) is 5.82 Å². The van der Waals surface area contributed by atoms with Crippen LogP contribution in [0.4, 0.5) is 17.6 Å². The molecule has 1 aromatic rings. The number of rotatable bonds is 2. The quantitative estimate of drug-likeness (QED) is 0.801. The van der Waals surface area contributed by atoms with Gasteiger partial charge in [0.05, 0.1) is 0 Å². The first-order valence-electron chi connectivity index (χ1n) is 4.47. The maximum Gasteiger partial charge on any atom is 0.421 e. The number of hydrogen-bond donors (Lipinski definition) is 1. The molecular formula is C10H9ClF4O. The van der Waals surface area contributed by atoms with Gasteiger partial charge in [-0.05, 0) is 18.6 Å². The van der Waals surface area contributed by atoms with Crippen molar-refractivity contribution < 1.29 is 22.7 Å². The van der Waals surface area contributed by atoms with Crippen LogP contribution in [0.3, 0.4) is 0 Å². The van der Waals surface area contributed by atoms with Crippen LogP contribution in [0, 0.1) is 5.82 Å². The van der Waals surface area contributed by atoms with E-state index < -0.39 is 34.6 Å². The van der Waals surface area contributed by atoms with Crippen LogP contribution < -0.4 is 0 Å². The molecule has 90 valence electrons. The van der Waals surface area contributed by atoms with Crippen molar-refractivity contribution >= 4 is 11.6 Å². The summed E-state index contributed by atoms with van der Waals surface area (Å²) in [4.78, 5) is 0. The van der Waals surface area contributed by atoms with Crippen molar-refractivity contribution in [1.82, 2.24) is 0 Å². The molecule has 0 amide bonds. The fraction of sp³-hybridized carbons (Fsp3) is 0.400. The van der Waals surface area contributed by atoms with Crippen LogP contribution in [0.1, 0.15) is 18.9 Å². The smallest absolute Gasteiger partial charge is 0.376 e. The summed E-state index contributed by atoms with van der Waals surface area (Å²) in [6, 6.07) is 3.10. The summed E-state index contributed by atoms with van der Waals surface area (Å²) < 4.78 is 51.3. The Morgan fingerprint density at radius 3 is 2.25 bits per heavy atom. The monoisotopic (exact) mass is 256 g/mol. The van der Waals surface area contributed by atoms with E-state index in [0.717, 1.165) is 19.1 Å². The van der Waals surface area contributed by atoms with Crippen molar-refractivity contribution in [1.29, 1.82) is 0 Å². The lowest BCUT2D eigenvalue weighted by atomic mass is 9.90. The molecular weight excluding hydrogens is 248 g/mol. The van der Waals surface area contributed by atoms with Crippen LogP contribution in [0.15, 0.2) is 18.2 Å². The summed E-state index contributed by atoms with van der Waals surface area (Å²) in [5.74, 6) is -1.17. The molecule has 1 rings (SSSR count). The minimum atomic E-state index is -4.98. The average Bonchev–Trinajstić information content (AvgIpc) is 2.15. The van der Waals surface area contributed by atoms with Crippen LogP contribution in [-0.4, -0.2) is 11.3 Å². The lowest BCUT2D eigenvalue weighted by molar-refractivity contribution is -0.268. The van der Waals surface area contributed by atoms with Crippen molar-refractivity contribution in [2.75, 3.05) is 0 Å². The van der Waals surface area contributed by atoms with E-state index in [2.05, 4.69) is 0 Å². The van der Waals surface area contributed by atoms with Crippen molar-refractivity contribution in [2.45, 2.75) is 25.1 Å². The first-order valence-corrected chi connectivity index (χ1v) is 4.85. The van der Waals surface area contributed by atoms with Gasteiger partial charge in [-0.3, -0.25) is 0 Å². The van der Waals surface area contributed by atoms with E-state index in [4.69, 9.17) is 11.6 Å². The van der Waals surface area contributed by atoms with E-state index in [1.165, 1.54) is 6.07 Å². The third-order valence-corrected chi connectivity index (χ3v) is 2.67. The van der Waals surface area contributed by atoms with Gasteiger partial charge < -0.3 is 5.11 Å². The molecule has 6 heteroatoms. The zero-order valence-corrected chi connectivity index (χ0v) is 9.03. The van der Waals surface area contributed by atoms with Crippen molar-refractivity contribution in [3.63, 3.8) is 0 Å². The lowest BCUT2D eigenvalue weighted by Crippen LogP contribution is -2.42. The Kier molecular flexibility index (Phi) is 3.50. The van der Waals surface area contributed by atoms with Gasteiger partial charge in [0.25, 0.3) is 0 Å². The molecule has 1 unspecified atom stereocenters. The minimum Gasteiger partial charge on any atom is -0.376 e. The molecule has 1 aromatic carbocycles. The molecule has 1 nitrogen and oxygen atoms in total. The second kappa shape index (κ2) is 4.22. The van der Waals surface area contributed by atoms with E-state index in [0.29, 0.717) is 0 Å². The zero-order chi connectivity index (χ0) is 12.6. The molecule has 1 atom stereocenters. The summed E-state index contributed by atoms with van der Waals surface area (Å²) in [5.41, 5.74) is -4.18. The maximum atomic E-state index is 13.3. The molecule has 0 saturated carbocycles. The average molecular weight is 257 g/mol. The van der Waals surface area contributed by atoms with Gasteiger partial charge in [0, 0.05) is 10.6 Å². The topological polar surface area (TPSA) is 20.2 Å². The predicted molar refractivity (Wildman–Crippen MR) is 51.7 cm³/mol. The third kappa shape index (κ3) is 2.01.